The van der Waals surface area contributed by atoms with E-state index in [2.05, 4.69) is 158 Å². The molecule has 10 aromatic rings. The molecule has 0 atom stereocenters. The molecule has 2 aromatic heterocycles. The highest BCUT2D eigenvalue weighted by atomic mass is 32.1. The van der Waals surface area contributed by atoms with E-state index in [1.807, 2.05) is 35.6 Å². The minimum Gasteiger partial charge on any atom is -0.228 e. The zero-order valence-corrected chi connectivity index (χ0v) is 28.4. The van der Waals surface area contributed by atoms with Crippen LogP contribution in [0.2, 0.25) is 0 Å². The third-order valence-electron chi connectivity index (χ3n) is 9.85. The maximum absolute atomic E-state index is 5.23. The Morgan fingerprint density at radius 2 is 0.961 bits per heavy atom. The van der Waals surface area contributed by atoms with Crippen molar-refractivity contribution in [3.05, 3.63) is 182 Å². The van der Waals surface area contributed by atoms with E-state index in [9.17, 15) is 0 Å². The van der Waals surface area contributed by atoms with Gasteiger partial charge in [-0.05, 0) is 80.2 Å². The van der Waals surface area contributed by atoms with Crippen LogP contribution in [0, 0.1) is 0 Å². The fourth-order valence-corrected chi connectivity index (χ4v) is 8.53. The van der Waals surface area contributed by atoms with Crippen molar-refractivity contribution >= 4 is 53.1 Å². The second kappa shape index (κ2) is 12.2. The standard InChI is InChI=1S/C48H30N2S/c1-3-14-33(15-4-1)43-30-44(50-48(49-43)34-16-5-2-6-17-34)38-27-36(26-37(28-38)40-21-11-18-31-12-7-9-19-39(31)40)35-22-24-42-46(29-35)51-45-25-23-32-13-8-10-20-41(32)47(42)45/h1-30H. The summed E-state index contributed by atoms with van der Waals surface area (Å²) in [7, 11) is 0. The second-order valence-corrected chi connectivity index (χ2v) is 14.1. The van der Waals surface area contributed by atoms with Crippen LogP contribution in [0.15, 0.2) is 182 Å². The molecule has 0 aliphatic carbocycles. The Morgan fingerprint density at radius 3 is 1.76 bits per heavy atom. The summed E-state index contributed by atoms with van der Waals surface area (Å²) in [5, 5.41) is 7.68. The first-order chi connectivity index (χ1) is 25.2. The van der Waals surface area contributed by atoms with Gasteiger partial charge in [-0.2, -0.15) is 0 Å². The van der Waals surface area contributed by atoms with Crippen LogP contribution in [0.3, 0.4) is 0 Å². The first-order valence-electron chi connectivity index (χ1n) is 17.2. The summed E-state index contributed by atoms with van der Waals surface area (Å²) in [6.45, 7) is 0. The second-order valence-electron chi connectivity index (χ2n) is 13.0. The molecule has 0 fully saturated rings. The molecule has 2 heterocycles. The minimum absolute atomic E-state index is 0.711. The highest BCUT2D eigenvalue weighted by molar-refractivity contribution is 7.26. The highest BCUT2D eigenvalue weighted by Crippen LogP contribution is 2.42. The molecule has 0 radical (unpaired) electrons. The van der Waals surface area contributed by atoms with Gasteiger partial charge in [-0.3, -0.25) is 0 Å². The number of fused-ring (bicyclic) bond motifs is 6. The van der Waals surface area contributed by atoms with Crippen molar-refractivity contribution in [1.82, 2.24) is 9.97 Å². The van der Waals surface area contributed by atoms with Crippen molar-refractivity contribution in [2.75, 3.05) is 0 Å². The molecule has 0 spiro atoms. The minimum atomic E-state index is 0.711. The van der Waals surface area contributed by atoms with Crippen LogP contribution in [0.1, 0.15) is 0 Å². The number of hydrogen-bond acceptors (Lipinski definition) is 3. The Balaban J connectivity index is 1.21. The molecule has 8 aromatic carbocycles. The van der Waals surface area contributed by atoms with E-state index in [0.29, 0.717) is 5.82 Å². The third-order valence-corrected chi connectivity index (χ3v) is 11.0. The van der Waals surface area contributed by atoms with Crippen molar-refractivity contribution in [2.45, 2.75) is 0 Å². The molecule has 238 valence electrons. The summed E-state index contributed by atoms with van der Waals surface area (Å²) >= 11 is 1.87. The lowest BCUT2D eigenvalue weighted by atomic mass is 9.92. The van der Waals surface area contributed by atoms with Gasteiger partial charge in [-0.15, -0.1) is 11.3 Å². The fourth-order valence-electron chi connectivity index (χ4n) is 7.37. The molecule has 0 N–H and O–H groups in total. The van der Waals surface area contributed by atoms with Crippen molar-refractivity contribution in [3.8, 4) is 56.2 Å². The normalized spacial score (nSPS) is 11.5. The van der Waals surface area contributed by atoms with Gasteiger partial charge in [0, 0.05) is 36.9 Å². The predicted octanol–water partition coefficient (Wildman–Crippen LogP) is 13.5. The molecule has 0 bridgehead atoms. The van der Waals surface area contributed by atoms with E-state index in [1.165, 1.54) is 52.8 Å². The number of nitrogens with zero attached hydrogens (tertiary/aromatic N) is 2. The molecule has 0 saturated carbocycles. The molecule has 0 aliphatic heterocycles. The van der Waals surface area contributed by atoms with Crippen LogP contribution in [0.4, 0.5) is 0 Å². The largest absolute Gasteiger partial charge is 0.228 e. The first kappa shape index (κ1) is 29.5. The Labute approximate surface area is 300 Å². The van der Waals surface area contributed by atoms with Gasteiger partial charge in [0.1, 0.15) is 0 Å². The molecule has 10 rings (SSSR count). The molecule has 0 unspecified atom stereocenters. The molecule has 0 amide bonds. The average Bonchev–Trinajstić information content (AvgIpc) is 3.59. The molecule has 51 heavy (non-hydrogen) atoms. The van der Waals surface area contributed by atoms with Crippen LogP contribution in [-0.2, 0) is 0 Å². The molecular formula is C48H30N2S. The zero-order chi connectivity index (χ0) is 33.7. The van der Waals surface area contributed by atoms with Gasteiger partial charge in [0.15, 0.2) is 5.82 Å². The maximum atomic E-state index is 5.23. The van der Waals surface area contributed by atoms with E-state index < -0.39 is 0 Å². The SMILES string of the molecule is c1ccc(-c2cc(-c3cc(-c4ccc5c(c4)sc4ccc6ccccc6c45)cc(-c4cccc5ccccc45)c3)nc(-c3ccccc3)n2)cc1. The van der Waals surface area contributed by atoms with Gasteiger partial charge in [0.05, 0.1) is 11.4 Å². The fraction of sp³-hybridized carbons (Fsp3) is 0. The number of benzene rings is 8. The summed E-state index contributed by atoms with van der Waals surface area (Å²) in [5.41, 5.74) is 9.58. The van der Waals surface area contributed by atoms with E-state index in [-0.39, 0.29) is 0 Å². The van der Waals surface area contributed by atoms with Gasteiger partial charge < -0.3 is 0 Å². The van der Waals surface area contributed by atoms with Gasteiger partial charge in [0.25, 0.3) is 0 Å². The molecule has 2 nitrogen and oxygen atoms in total. The monoisotopic (exact) mass is 666 g/mol. The highest BCUT2D eigenvalue weighted by Gasteiger charge is 2.16. The van der Waals surface area contributed by atoms with Crippen LogP contribution >= 0.6 is 11.3 Å². The van der Waals surface area contributed by atoms with Crippen molar-refractivity contribution in [3.63, 3.8) is 0 Å². The van der Waals surface area contributed by atoms with Gasteiger partial charge >= 0.3 is 0 Å². The van der Waals surface area contributed by atoms with Gasteiger partial charge in [-0.1, -0.05) is 146 Å². The lowest BCUT2D eigenvalue weighted by Gasteiger charge is -2.14. The lowest BCUT2D eigenvalue weighted by Crippen LogP contribution is -1.96. The first-order valence-corrected chi connectivity index (χ1v) is 18.0. The Morgan fingerprint density at radius 1 is 0.333 bits per heavy atom. The summed E-state index contributed by atoms with van der Waals surface area (Å²) in [4.78, 5) is 10.3. The number of thiophene rings is 1. The van der Waals surface area contributed by atoms with Gasteiger partial charge in [0.2, 0.25) is 0 Å². The summed E-state index contributed by atoms with van der Waals surface area (Å²) in [5.74, 6) is 0.711. The van der Waals surface area contributed by atoms with Crippen molar-refractivity contribution in [1.29, 1.82) is 0 Å². The maximum Gasteiger partial charge on any atom is 0.160 e. The summed E-state index contributed by atoms with van der Waals surface area (Å²) < 4.78 is 2.60. The number of rotatable bonds is 5. The molecule has 0 saturated heterocycles. The Kier molecular flexibility index (Phi) is 7.04. The quantitative estimate of drug-likeness (QED) is 0.183. The molecular weight excluding hydrogens is 637 g/mol. The van der Waals surface area contributed by atoms with E-state index in [4.69, 9.17) is 9.97 Å². The summed E-state index contributed by atoms with van der Waals surface area (Å²) in [6, 6.07) is 65.1. The molecule has 0 aliphatic rings. The zero-order valence-electron chi connectivity index (χ0n) is 27.6. The average molecular weight is 667 g/mol. The molecule has 3 heteroatoms. The van der Waals surface area contributed by atoms with Crippen LogP contribution in [0.25, 0.3) is 97.9 Å². The van der Waals surface area contributed by atoms with E-state index in [1.54, 1.807) is 0 Å². The van der Waals surface area contributed by atoms with Crippen LogP contribution in [-0.4, -0.2) is 9.97 Å². The Hall–Kier alpha value is -6.42. The Bertz CT molecular complexity index is 2850. The number of hydrogen-bond donors (Lipinski definition) is 0. The topological polar surface area (TPSA) is 25.8 Å². The van der Waals surface area contributed by atoms with Crippen molar-refractivity contribution < 1.29 is 0 Å². The van der Waals surface area contributed by atoms with Crippen molar-refractivity contribution in [2.24, 2.45) is 0 Å². The van der Waals surface area contributed by atoms with Gasteiger partial charge in [-0.25, -0.2) is 9.97 Å². The third kappa shape index (κ3) is 5.27. The van der Waals surface area contributed by atoms with Crippen LogP contribution in [0.5, 0.6) is 0 Å². The number of aromatic nitrogens is 2. The lowest BCUT2D eigenvalue weighted by molar-refractivity contribution is 1.18. The smallest absolute Gasteiger partial charge is 0.160 e. The van der Waals surface area contributed by atoms with E-state index >= 15 is 0 Å². The van der Waals surface area contributed by atoms with Crippen LogP contribution < -0.4 is 0 Å². The predicted molar refractivity (Wildman–Crippen MR) is 217 cm³/mol. The summed E-state index contributed by atoms with van der Waals surface area (Å²) in [6.07, 6.45) is 0. The van der Waals surface area contributed by atoms with E-state index in [0.717, 1.165) is 39.2 Å².